The molecule has 0 spiro atoms. The number of nitrogens with zero attached hydrogens (tertiary/aromatic N) is 2. The lowest BCUT2D eigenvalue weighted by atomic mass is 10.2. The van der Waals surface area contributed by atoms with Crippen LogP contribution in [0.3, 0.4) is 0 Å². The van der Waals surface area contributed by atoms with Crippen molar-refractivity contribution in [2.45, 2.75) is 45.1 Å². The van der Waals surface area contributed by atoms with Crippen LogP contribution in [-0.2, 0) is 6.42 Å². The number of nitrogens with one attached hydrogen (secondary N) is 2. The number of rotatable bonds is 6. The maximum absolute atomic E-state index is 11.7. The Labute approximate surface area is 122 Å². The van der Waals surface area contributed by atoms with Crippen molar-refractivity contribution in [2.75, 3.05) is 16.8 Å². The van der Waals surface area contributed by atoms with E-state index in [9.17, 15) is 4.79 Å². The molecule has 106 valence electrons. The summed E-state index contributed by atoms with van der Waals surface area (Å²) in [5, 5.41) is 15.4. The van der Waals surface area contributed by atoms with Gasteiger partial charge in [-0.25, -0.2) is 4.79 Å². The van der Waals surface area contributed by atoms with Gasteiger partial charge in [0, 0.05) is 18.2 Å². The third kappa shape index (κ3) is 4.99. The maximum atomic E-state index is 11.7. The smallest absolute Gasteiger partial charge is 0.321 e. The van der Waals surface area contributed by atoms with E-state index < -0.39 is 0 Å². The van der Waals surface area contributed by atoms with Gasteiger partial charge in [-0.1, -0.05) is 31.1 Å². The number of amides is 2. The fourth-order valence-corrected chi connectivity index (χ4v) is 3.83. The molecule has 0 bridgehead atoms. The zero-order valence-corrected chi connectivity index (χ0v) is 12.8. The second kappa shape index (κ2) is 7.69. The average Bonchev–Trinajstić information content (AvgIpc) is 3.02. The highest BCUT2D eigenvalue weighted by Gasteiger charge is 2.18. The molecule has 2 heterocycles. The predicted molar refractivity (Wildman–Crippen MR) is 81.0 cm³/mol. The zero-order valence-electron chi connectivity index (χ0n) is 11.1. The lowest BCUT2D eigenvalue weighted by Crippen LogP contribution is -2.37. The summed E-state index contributed by atoms with van der Waals surface area (Å²) in [7, 11) is 0. The Morgan fingerprint density at radius 2 is 2.32 bits per heavy atom. The van der Waals surface area contributed by atoms with Gasteiger partial charge in [0.15, 0.2) is 0 Å². The quantitative estimate of drug-likeness (QED) is 0.793. The molecule has 0 aromatic carbocycles. The number of hydrogen-bond acceptors (Lipinski definition) is 5. The van der Waals surface area contributed by atoms with E-state index in [2.05, 4.69) is 27.8 Å². The standard InChI is InChI=1S/C12H20N4OS2/c1-2-3-4-5-10-15-16-12(19-10)14-11(17)13-9-6-7-18-8-9/h9H,2-8H2,1H3,(H2,13,14,16,17)/t9-/m0/s1. The summed E-state index contributed by atoms with van der Waals surface area (Å²) >= 11 is 3.35. The van der Waals surface area contributed by atoms with Crippen molar-refractivity contribution >= 4 is 34.3 Å². The normalized spacial score (nSPS) is 18.5. The first kappa shape index (κ1) is 14.6. The molecule has 0 radical (unpaired) electrons. The molecule has 0 unspecified atom stereocenters. The number of carbonyl (C=O) groups excluding carboxylic acids is 1. The monoisotopic (exact) mass is 300 g/mol. The molecular weight excluding hydrogens is 280 g/mol. The van der Waals surface area contributed by atoms with E-state index in [1.54, 1.807) is 0 Å². The van der Waals surface area contributed by atoms with Crippen LogP contribution in [0.5, 0.6) is 0 Å². The molecule has 19 heavy (non-hydrogen) atoms. The summed E-state index contributed by atoms with van der Waals surface area (Å²) in [6, 6.07) is 0.130. The molecule has 1 aliphatic rings. The second-order valence-corrected chi connectivity index (χ2v) is 6.83. The van der Waals surface area contributed by atoms with Crippen molar-refractivity contribution in [2.24, 2.45) is 0 Å². The van der Waals surface area contributed by atoms with Gasteiger partial charge in [0.05, 0.1) is 0 Å². The Hall–Kier alpha value is -0.820. The Morgan fingerprint density at radius 1 is 1.42 bits per heavy atom. The largest absolute Gasteiger partial charge is 0.334 e. The fourth-order valence-electron chi connectivity index (χ4n) is 1.90. The number of aryl methyl sites for hydroxylation is 1. The van der Waals surface area contributed by atoms with Crippen molar-refractivity contribution in [1.82, 2.24) is 15.5 Å². The molecule has 0 saturated carbocycles. The van der Waals surface area contributed by atoms with E-state index in [-0.39, 0.29) is 6.03 Å². The number of unbranched alkanes of at least 4 members (excludes halogenated alkanes) is 2. The molecule has 2 N–H and O–H groups in total. The molecule has 1 aliphatic heterocycles. The highest BCUT2D eigenvalue weighted by atomic mass is 32.2. The van der Waals surface area contributed by atoms with Crippen molar-refractivity contribution in [3.05, 3.63) is 5.01 Å². The van der Waals surface area contributed by atoms with Crippen LogP contribution in [0.25, 0.3) is 0 Å². The van der Waals surface area contributed by atoms with Gasteiger partial charge in [-0.2, -0.15) is 11.8 Å². The molecule has 2 rings (SSSR count). The minimum Gasteiger partial charge on any atom is -0.334 e. The molecule has 7 heteroatoms. The van der Waals surface area contributed by atoms with Gasteiger partial charge in [-0.05, 0) is 18.6 Å². The first-order valence-electron chi connectivity index (χ1n) is 6.75. The van der Waals surface area contributed by atoms with E-state index >= 15 is 0 Å². The summed E-state index contributed by atoms with van der Waals surface area (Å²) in [4.78, 5) is 11.7. The topological polar surface area (TPSA) is 66.9 Å². The summed E-state index contributed by atoms with van der Waals surface area (Å²) in [6.45, 7) is 2.18. The average molecular weight is 300 g/mol. The molecule has 5 nitrogen and oxygen atoms in total. The zero-order chi connectivity index (χ0) is 13.5. The van der Waals surface area contributed by atoms with E-state index in [1.165, 1.54) is 24.2 Å². The molecule has 1 fully saturated rings. The predicted octanol–water partition coefficient (Wildman–Crippen LogP) is 2.90. The van der Waals surface area contributed by atoms with Crippen LogP contribution in [-0.4, -0.2) is 33.8 Å². The highest BCUT2D eigenvalue weighted by molar-refractivity contribution is 7.99. The van der Waals surface area contributed by atoms with Gasteiger partial charge < -0.3 is 5.32 Å². The summed E-state index contributed by atoms with van der Waals surface area (Å²) < 4.78 is 0. The molecule has 1 atom stereocenters. The van der Waals surface area contributed by atoms with Gasteiger partial charge in [-0.15, -0.1) is 10.2 Å². The first-order valence-corrected chi connectivity index (χ1v) is 8.72. The minimum absolute atomic E-state index is 0.163. The highest BCUT2D eigenvalue weighted by Crippen LogP contribution is 2.19. The second-order valence-electron chi connectivity index (χ2n) is 4.62. The molecule has 1 aromatic heterocycles. The molecule has 1 aromatic rings. The minimum atomic E-state index is -0.163. The van der Waals surface area contributed by atoms with E-state index in [0.717, 1.165) is 35.8 Å². The van der Waals surface area contributed by atoms with Crippen LogP contribution < -0.4 is 10.6 Å². The number of carbonyl (C=O) groups is 1. The Morgan fingerprint density at radius 3 is 3.05 bits per heavy atom. The van der Waals surface area contributed by atoms with Gasteiger partial charge in [-0.3, -0.25) is 5.32 Å². The van der Waals surface area contributed by atoms with Gasteiger partial charge >= 0.3 is 6.03 Å². The molecular formula is C12H20N4OS2. The van der Waals surface area contributed by atoms with Crippen molar-refractivity contribution in [1.29, 1.82) is 0 Å². The number of thioether (sulfide) groups is 1. The lowest BCUT2D eigenvalue weighted by Gasteiger charge is -2.10. The van der Waals surface area contributed by atoms with Gasteiger partial charge in [0.2, 0.25) is 5.13 Å². The Balaban J connectivity index is 1.73. The summed E-state index contributed by atoms with van der Waals surface area (Å²) in [5.74, 6) is 2.14. The number of hydrogen-bond donors (Lipinski definition) is 2. The van der Waals surface area contributed by atoms with Crippen LogP contribution >= 0.6 is 23.1 Å². The molecule has 1 saturated heterocycles. The van der Waals surface area contributed by atoms with Crippen molar-refractivity contribution in [3.8, 4) is 0 Å². The van der Waals surface area contributed by atoms with E-state index in [1.807, 2.05) is 11.8 Å². The van der Waals surface area contributed by atoms with Crippen LogP contribution in [0.1, 0.15) is 37.6 Å². The summed E-state index contributed by atoms with van der Waals surface area (Å²) in [5.41, 5.74) is 0. The third-order valence-corrected chi connectivity index (χ3v) is 5.01. The maximum Gasteiger partial charge on any atom is 0.321 e. The summed E-state index contributed by atoms with van der Waals surface area (Å²) in [6.07, 6.45) is 5.55. The molecule has 0 aliphatic carbocycles. The van der Waals surface area contributed by atoms with Crippen molar-refractivity contribution in [3.63, 3.8) is 0 Å². The van der Waals surface area contributed by atoms with Gasteiger partial charge in [0.25, 0.3) is 0 Å². The van der Waals surface area contributed by atoms with Crippen LogP contribution in [0.2, 0.25) is 0 Å². The van der Waals surface area contributed by atoms with E-state index in [0.29, 0.717) is 11.2 Å². The van der Waals surface area contributed by atoms with Crippen LogP contribution in [0, 0.1) is 0 Å². The van der Waals surface area contributed by atoms with Crippen LogP contribution in [0.4, 0.5) is 9.93 Å². The Kier molecular flexibility index (Phi) is 5.91. The number of anilines is 1. The van der Waals surface area contributed by atoms with Gasteiger partial charge in [0.1, 0.15) is 5.01 Å². The SMILES string of the molecule is CCCCCc1nnc(NC(=O)N[C@H]2CCSC2)s1. The third-order valence-electron chi connectivity index (χ3n) is 2.95. The van der Waals surface area contributed by atoms with Crippen molar-refractivity contribution < 1.29 is 4.79 Å². The fraction of sp³-hybridized carbons (Fsp3) is 0.750. The Bertz CT molecular complexity index is 404. The number of aromatic nitrogens is 2. The van der Waals surface area contributed by atoms with E-state index in [4.69, 9.17) is 0 Å². The molecule has 2 amide bonds. The first-order chi connectivity index (χ1) is 9.28. The number of urea groups is 1. The van der Waals surface area contributed by atoms with Crippen LogP contribution in [0.15, 0.2) is 0 Å². The lowest BCUT2D eigenvalue weighted by molar-refractivity contribution is 0.249.